The summed E-state index contributed by atoms with van der Waals surface area (Å²) >= 11 is 1.33. The van der Waals surface area contributed by atoms with E-state index in [1.807, 2.05) is 11.5 Å². The number of aromatic nitrogens is 3. The molecule has 0 aromatic carbocycles. The highest BCUT2D eigenvalue weighted by atomic mass is 32.2. The van der Waals surface area contributed by atoms with Gasteiger partial charge in [-0.3, -0.25) is 4.79 Å². The summed E-state index contributed by atoms with van der Waals surface area (Å²) in [6.07, 6.45) is 2.28. The van der Waals surface area contributed by atoms with E-state index in [1.54, 1.807) is 20.2 Å². The van der Waals surface area contributed by atoms with E-state index in [2.05, 4.69) is 16.8 Å². The lowest BCUT2D eigenvalue weighted by Crippen LogP contribution is -2.29. The van der Waals surface area contributed by atoms with Crippen molar-refractivity contribution in [2.45, 2.75) is 36.2 Å². The Labute approximate surface area is 141 Å². The Hall–Kier alpha value is -1.35. The normalized spacial score (nSPS) is 21.1. The van der Waals surface area contributed by atoms with E-state index in [1.165, 1.54) is 16.7 Å². The third kappa shape index (κ3) is 4.14. The Morgan fingerprint density at radius 2 is 2.22 bits per heavy atom. The molecule has 1 saturated heterocycles. The molecule has 1 aliphatic heterocycles. The number of carbonyl (C=O) groups is 1. The second kappa shape index (κ2) is 7.04. The molecule has 9 heteroatoms. The molecular weight excluding hydrogens is 336 g/mol. The first-order valence-corrected chi connectivity index (χ1v) is 10.1. The standard InChI is InChI=1S/C14H22N4O3S2/c1-5-7-18-12(11-6-8-23(20,21)9-11)15-16-14(18)22-10(2)13(19)17(3)4/h5,10-11H,1,6-9H2,2-4H3/t10-,11+/m1/s1. The maximum atomic E-state index is 12.0. The van der Waals surface area contributed by atoms with Gasteiger partial charge in [-0.1, -0.05) is 17.8 Å². The van der Waals surface area contributed by atoms with Crippen molar-refractivity contribution in [3.63, 3.8) is 0 Å². The highest BCUT2D eigenvalue weighted by molar-refractivity contribution is 8.00. The summed E-state index contributed by atoms with van der Waals surface area (Å²) in [5, 5.41) is 8.69. The molecule has 0 unspecified atom stereocenters. The zero-order chi connectivity index (χ0) is 17.2. The van der Waals surface area contributed by atoms with Crippen molar-refractivity contribution >= 4 is 27.5 Å². The minimum absolute atomic E-state index is 0.00635. The molecule has 2 rings (SSSR count). The van der Waals surface area contributed by atoms with Crippen LogP contribution in [0.5, 0.6) is 0 Å². The molecule has 2 atom stereocenters. The van der Waals surface area contributed by atoms with Gasteiger partial charge in [0.25, 0.3) is 0 Å². The molecule has 2 heterocycles. The van der Waals surface area contributed by atoms with Gasteiger partial charge in [0.15, 0.2) is 15.0 Å². The van der Waals surface area contributed by atoms with E-state index >= 15 is 0 Å². The molecule has 0 bridgehead atoms. The summed E-state index contributed by atoms with van der Waals surface area (Å²) in [5.74, 6) is 0.822. The minimum atomic E-state index is -2.99. The van der Waals surface area contributed by atoms with Gasteiger partial charge in [0, 0.05) is 26.6 Å². The van der Waals surface area contributed by atoms with Crippen LogP contribution in [-0.4, -0.2) is 64.8 Å². The van der Waals surface area contributed by atoms with Gasteiger partial charge in [-0.15, -0.1) is 16.8 Å². The number of rotatable bonds is 6. The number of hydrogen-bond acceptors (Lipinski definition) is 6. The van der Waals surface area contributed by atoms with Crippen molar-refractivity contribution in [3.8, 4) is 0 Å². The van der Waals surface area contributed by atoms with Gasteiger partial charge < -0.3 is 9.47 Å². The molecule has 128 valence electrons. The maximum Gasteiger partial charge on any atom is 0.235 e. The van der Waals surface area contributed by atoms with Crippen LogP contribution in [0.1, 0.15) is 25.1 Å². The summed E-state index contributed by atoms with van der Waals surface area (Å²) in [4.78, 5) is 13.6. The number of nitrogens with zero attached hydrogens (tertiary/aromatic N) is 4. The van der Waals surface area contributed by atoms with Gasteiger partial charge in [-0.05, 0) is 13.3 Å². The number of carbonyl (C=O) groups excluding carboxylic acids is 1. The van der Waals surface area contributed by atoms with Crippen molar-refractivity contribution in [2.75, 3.05) is 25.6 Å². The van der Waals surface area contributed by atoms with Gasteiger partial charge in [-0.2, -0.15) is 0 Å². The predicted molar refractivity (Wildman–Crippen MR) is 90.2 cm³/mol. The Morgan fingerprint density at radius 3 is 2.74 bits per heavy atom. The van der Waals surface area contributed by atoms with Crippen LogP contribution in [0.25, 0.3) is 0 Å². The monoisotopic (exact) mass is 358 g/mol. The smallest absolute Gasteiger partial charge is 0.235 e. The average molecular weight is 358 g/mol. The van der Waals surface area contributed by atoms with Gasteiger partial charge in [-0.25, -0.2) is 8.42 Å². The van der Waals surface area contributed by atoms with Crippen molar-refractivity contribution in [3.05, 3.63) is 18.5 Å². The van der Waals surface area contributed by atoms with Crippen LogP contribution in [0.15, 0.2) is 17.8 Å². The Kier molecular flexibility index (Phi) is 5.51. The summed E-state index contributed by atoms with van der Waals surface area (Å²) < 4.78 is 25.3. The number of sulfone groups is 1. The average Bonchev–Trinajstić information content (AvgIpc) is 3.02. The van der Waals surface area contributed by atoms with E-state index in [9.17, 15) is 13.2 Å². The topological polar surface area (TPSA) is 85.2 Å². The van der Waals surface area contributed by atoms with Crippen LogP contribution < -0.4 is 0 Å². The van der Waals surface area contributed by atoms with Crippen LogP contribution in [0.4, 0.5) is 0 Å². The summed E-state index contributed by atoms with van der Waals surface area (Å²) in [5.41, 5.74) is 0. The van der Waals surface area contributed by atoms with E-state index in [0.717, 1.165) is 0 Å². The van der Waals surface area contributed by atoms with E-state index in [4.69, 9.17) is 0 Å². The lowest BCUT2D eigenvalue weighted by atomic mass is 10.1. The van der Waals surface area contributed by atoms with Gasteiger partial charge in [0.1, 0.15) is 5.82 Å². The summed E-state index contributed by atoms with van der Waals surface area (Å²) in [6.45, 7) is 6.05. The van der Waals surface area contributed by atoms with Crippen molar-refractivity contribution in [1.82, 2.24) is 19.7 Å². The number of thioether (sulfide) groups is 1. The molecule has 1 aromatic heterocycles. The highest BCUT2D eigenvalue weighted by Gasteiger charge is 2.33. The molecule has 1 fully saturated rings. The first kappa shape index (κ1) is 18.0. The second-order valence-electron chi connectivity index (χ2n) is 5.83. The molecule has 0 N–H and O–H groups in total. The van der Waals surface area contributed by atoms with E-state index < -0.39 is 9.84 Å². The molecule has 23 heavy (non-hydrogen) atoms. The maximum absolute atomic E-state index is 12.0. The third-order valence-electron chi connectivity index (χ3n) is 3.73. The van der Waals surface area contributed by atoms with Crippen molar-refractivity contribution in [1.29, 1.82) is 0 Å². The minimum Gasteiger partial charge on any atom is -0.348 e. The van der Waals surface area contributed by atoms with E-state index in [-0.39, 0.29) is 28.6 Å². The fourth-order valence-electron chi connectivity index (χ4n) is 2.56. The molecule has 0 aliphatic carbocycles. The van der Waals surface area contributed by atoms with Gasteiger partial charge >= 0.3 is 0 Å². The predicted octanol–water partition coefficient (Wildman–Crippen LogP) is 0.935. The van der Waals surface area contributed by atoms with Crippen LogP contribution >= 0.6 is 11.8 Å². The Balaban J connectivity index is 2.25. The van der Waals surface area contributed by atoms with Crippen LogP contribution in [0, 0.1) is 0 Å². The third-order valence-corrected chi connectivity index (χ3v) is 6.56. The zero-order valence-electron chi connectivity index (χ0n) is 13.6. The van der Waals surface area contributed by atoms with Crippen molar-refractivity contribution < 1.29 is 13.2 Å². The fraction of sp³-hybridized carbons (Fsp3) is 0.643. The number of hydrogen-bond donors (Lipinski definition) is 0. The van der Waals surface area contributed by atoms with Crippen LogP contribution in [-0.2, 0) is 21.2 Å². The van der Waals surface area contributed by atoms with Gasteiger partial charge in [0.2, 0.25) is 5.91 Å². The van der Waals surface area contributed by atoms with Crippen LogP contribution in [0.2, 0.25) is 0 Å². The highest BCUT2D eigenvalue weighted by Crippen LogP contribution is 2.31. The largest absolute Gasteiger partial charge is 0.348 e. The quantitative estimate of drug-likeness (QED) is 0.556. The molecule has 0 radical (unpaired) electrons. The lowest BCUT2D eigenvalue weighted by Gasteiger charge is -2.17. The zero-order valence-corrected chi connectivity index (χ0v) is 15.2. The first-order chi connectivity index (χ1) is 10.7. The lowest BCUT2D eigenvalue weighted by molar-refractivity contribution is -0.127. The second-order valence-corrected chi connectivity index (χ2v) is 9.37. The number of allylic oxidation sites excluding steroid dienone is 1. The fourth-order valence-corrected chi connectivity index (χ4v) is 5.31. The number of amides is 1. The van der Waals surface area contributed by atoms with Crippen LogP contribution in [0.3, 0.4) is 0 Å². The molecule has 7 nitrogen and oxygen atoms in total. The van der Waals surface area contributed by atoms with Crippen molar-refractivity contribution in [2.24, 2.45) is 0 Å². The Bertz CT molecular complexity index is 697. The SMILES string of the molecule is C=CCn1c(S[C@H](C)C(=O)N(C)C)nnc1[C@H]1CCS(=O)(=O)C1. The summed E-state index contributed by atoms with van der Waals surface area (Å²) in [6, 6.07) is 0. The molecule has 1 aliphatic rings. The molecule has 1 amide bonds. The summed E-state index contributed by atoms with van der Waals surface area (Å²) in [7, 11) is 0.434. The van der Waals surface area contributed by atoms with E-state index in [0.29, 0.717) is 23.9 Å². The Morgan fingerprint density at radius 1 is 1.52 bits per heavy atom. The molecular formula is C14H22N4O3S2. The molecule has 0 spiro atoms. The first-order valence-electron chi connectivity index (χ1n) is 7.37. The molecule has 0 saturated carbocycles. The molecule has 1 aromatic rings. The van der Waals surface area contributed by atoms with Gasteiger partial charge in [0.05, 0.1) is 16.8 Å².